The Balaban J connectivity index is 0.000000243. The maximum atomic E-state index is 12.3. The highest BCUT2D eigenvalue weighted by Gasteiger charge is 2.37. The first kappa shape index (κ1) is 48.7. The molecule has 0 bridgehead atoms. The van der Waals surface area contributed by atoms with Crippen LogP contribution in [0.5, 0.6) is 0 Å². The van der Waals surface area contributed by atoms with E-state index in [0.29, 0.717) is 43.9 Å². The number of aldehydes is 1. The Morgan fingerprint density at radius 2 is 1.08 bits per heavy atom. The summed E-state index contributed by atoms with van der Waals surface area (Å²) in [4.78, 5) is 39.9. The molecule has 5 heterocycles. The molecule has 3 saturated heterocycles. The Kier molecular flexibility index (Phi) is 17.1. The maximum absolute atomic E-state index is 12.3. The summed E-state index contributed by atoms with van der Waals surface area (Å²) in [6, 6.07) is 24.4. The number of carbonyl (C=O) groups is 3. The molecule has 13 nitrogen and oxygen atoms in total. The molecule has 3 aliphatic heterocycles. The molecule has 2 aromatic heterocycles. The summed E-state index contributed by atoms with van der Waals surface area (Å²) < 4.78 is 10.7. The number of hydrogen-bond donors (Lipinski definition) is 2. The fourth-order valence-corrected chi connectivity index (χ4v) is 7.51. The second-order valence-corrected chi connectivity index (χ2v) is 17.9. The highest BCUT2D eigenvalue weighted by Crippen LogP contribution is 2.34. The van der Waals surface area contributed by atoms with E-state index < -0.39 is 11.2 Å². The van der Waals surface area contributed by atoms with Crippen LogP contribution in [0.15, 0.2) is 72.8 Å². The number of H-pyrrole nitrogens is 2. The molecule has 0 spiro atoms. The van der Waals surface area contributed by atoms with Gasteiger partial charge in [-0.1, -0.05) is 96.3 Å². The van der Waals surface area contributed by atoms with Gasteiger partial charge in [0.05, 0.1) is 11.4 Å². The van der Waals surface area contributed by atoms with Crippen molar-refractivity contribution in [1.82, 2.24) is 35.1 Å². The summed E-state index contributed by atoms with van der Waals surface area (Å²) in [5, 5.41) is 24.1. The zero-order valence-corrected chi connectivity index (χ0v) is 35.4. The van der Waals surface area contributed by atoms with Crippen LogP contribution in [0.3, 0.4) is 0 Å². The molecule has 0 radical (unpaired) electrons. The van der Waals surface area contributed by atoms with Gasteiger partial charge in [-0.2, -0.15) is 15.5 Å². The first-order valence-electron chi connectivity index (χ1n) is 20.2. The van der Waals surface area contributed by atoms with E-state index in [1.807, 2.05) is 102 Å². The van der Waals surface area contributed by atoms with Crippen molar-refractivity contribution in [2.24, 2.45) is 23.7 Å². The van der Waals surface area contributed by atoms with Gasteiger partial charge in [0.15, 0.2) is 6.19 Å². The van der Waals surface area contributed by atoms with E-state index in [0.717, 1.165) is 53.3 Å². The van der Waals surface area contributed by atoms with Crippen LogP contribution >= 0.6 is 0 Å². The number of aromatic amines is 2. The van der Waals surface area contributed by atoms with E-state index in [4.69, 9.17) is 14.7 Å². The van der Waals surface area contributed by atoms with Crippen LogP contribution in [-0.2, 0) is 14.3 Å². The van der Waals surface area contributed by atoms with Crippen LogP contribution < -0.4 is 0 Å². The summed E-state index contributed by atoms with van der Waals surface area (Å²) in [6.07, 6.45) is 2.60. The Morgan fingerprint density at radius 3 is 1.48 bits per heavy atom. The van der Waals surface area contributed by atoms with Crippen LogP contribution in [0.2, 0.25) is 0 Å². The first-order valence-corrected chi connectivity index (χ1v) is 20.2. The number of rotatable bonds is 5. The van der Waals surface area contributed by atoms with Gasteiger partial charge in [-0.3, -0.25) is 10.2 Å². The fourth-order valence-electron chi connectivity index (χ4n) is 7.51. The number of amides is 2. The van der Waals surface area contributed by atoms with Crippen molar-refractivity contribution in [3.05, 3.63) is 84.2 Å². The van der Waals surface area contributed by atoms with Crippen molar-refractivity contribution in [1.29, 1.82) is 5.26 Å². The number of nitrogens with one attached hydrogen (secondary N) is 2. The molecule has 13 heteroatoms. The zero-order chi connectivity index (χ0) is 42.2. The van der Waals surface area contributed by atoms with Gasteiger partial charge in [0, 0.05) is 79.5 Å². The highest BCUT2D eigenvalue weighted by atomic mass is 16.6. The lowest BCUT2D eigenvalue weighted by Crippen LogP contribution is -2.35. The van der Waals surface area contributed by atoms with E-state index in [-0.39, 0.29) is 44.8 Å². The van der Waals surface area contributed by atoms with Crippen molar-refractivity contribution in [2.75, 3.05) is 39.3 Å². The number of carbonyl (C=O) groups excluding carboxylic acids is 3. The third kappa shape index (κ3) is 13.2. The molecule has 4 aromatic rings. The SMILES string of the molecule is C.C.C[C@@H]1CN(C#N)C[C@H]1c1cc(-c2ccccc2)n[nH]1.C[C@@H]1CN(C(=O)OC(C)(C)C)C[C@H]1C=O.C[C@@H]1CN(C(=O)OC(C)(C)C)C[C@H]1c1cc(-c2ccccc2)n[nH]1. The standard InChI is InChI=1S/C19H25N3O2.C15H16N4.C11H19NO3.2CH4/c1-13-11-22(18(23)24-19(2,3)4)12-15(13)17-10-16(20-21-17)14-8-6-5-7-9-14;1-11-8-19(10-16)9-13(11)15-7-14(17-18-15)12-5-3-2-4-6-12;1-8-5-12(6-9(8)7-13)10(14)15-11(2,3)4;;/h5-10,13,15H,11-12H2,1-4H3,(H,20,21);2-7,11,13H,8-9H2,1H3,(H,17,18);7-9H,5-6H2,1-4H3;2*1H4/t13-,15-;11-,13-;8-,9+;;/m111../s1. The molecule has 3 aliphatic rings. The average molecular weight is 825 g/mol. The predicted molar refractivity (Wildman–Crippen MR) is 237 cm³/mol. The molecule has 2 N–H and O–H groups in total. The predicted octanol–water partition coefficient (Wildman–Crippen LogP) is 9.60. The summed E-state index contributed by atoms with van der Waals surface area (Å²) in [5.41, 5.74) is 5.39. The van der Waals surface area contributed by atoms with Crippen LogP contribution in [0, 0.1) is 35.1 Å². The Hall–Kier alpha value is -5.64. The molecule has 3 fully saturated rings. The Labute approximate surface area is 357 Å². The molecule has 7 rings (SSSR count). The smallest absolute Gasteiger partial charge is 0.410 e. The van der Waals surface area contributed by atoms with Gasteiger partial charge in [-0.05, 0) is 71.4 Å². The van der Waals surface area contributed by atoms with Gasteiger partial charge in [-0.25, -0.2) is 9.59 Å². The lowest BCUT2D eigenvalue weighted by molar-refractivity contribution is -0.111. The molecule has 2 aromatic carbocycles. The third-order valence-corrected chi connectivity index (χ3v) is 10.6. The molecular formula is C47H68N8O5. The minimum atomic E-state index is -0.473. The Morgan fingerprint density at radius 1 is 0.667 bits per heavy atom. The number of nitrogens with zero attached hydrogens (tertiary/aromatic N) is 6. The van der Waals surface area contributed by atoms with E-state index in [1.54, 1.807) is 9.80 Å². The monoisotopic (exact) mass is 825 g/mol. The van der Waals surface area contributed by atoms with E-state index in [1.165, 1.54) is 0 Å². The second kappa shape index (κ2) is 21.1. The normalized spacial score (nSPS) is 22.2. The van der Waals surface area contributed by atoms with Crippen molar-refractivity contribution in [2.45, 2.75) is 100 Å². The van der Waals surface area contributed by atoms with Crippen LogP contribution in [0.25, 0.3) is 22.5 Å². The number of benzene rings is 2. The number of likely N-dealkylation sites (tertiary alicyclic amines) is 3. The van der Waals surface area contributed by atoms with Gasteiger partial charge in [-0.15, -0.1) is 0 Å². The van der Waals surface area contributed by atoms with Gasteiger partial charge in [0.1, 0.15) is 17.5 Å². The van der Waals surface area contributed by atoms with Gasteiger partial charge < -0.3 is 29.0 Å². The number of ether oxygens (including phenoxy) is 2. The number of hydrogen-bond acceptors (Lipinski definition) is 9. The quantitative estimate of drug-likeness (QED) is 0.148. The van der Waals surface area contributed by atoms with Gasteiger partial charge >= 0.3 is 12.2 Å². The zero-order valence-electron chi connectivity index (χ0n) is 35.4. The van der Waals surface area contributed by atoms with E-state index >= 15 is 0 Å². The molecular weight excluding hydrogens is 757 g/mol. The number of aromatic nitrogens is 4. The minimum Gasteiger partial charge on any atom is -0.444 e. The van der Waals surface area contributed by atoms with Crippen molar-refractivity contribution < 1.29 is 23.9 Å². The fraction of sp³-hybridized carbons (Fsp3) is 0.532. The lowest BCUT2D eigenvalue weighted by Gasteiger charge is -2.24. The minimum absolute atomic E-state index is 0. The average Bonchev–Trinajstić information content (AvgIpc) is 4.02. The Bertz CT molecular complexity index is 1990. The molecule has 0 unspecified atom stereocenters. The maximum Gasteiger partial charge on any atom is 0.410 e. The summed E-state index contributed by atoms with van der Waals surface area (Å²) >= 11 is 0. The first-order chi connectivity index (χ1) is 27.4. The van der Waals surface area contributed by atoms with Crippen molar-refractivity contribution in [3.8, 4) is 28.7 Å². The summed E-state index contributed by atoms with van der Waals surface area (Å²) in [7, 11) is 0. The molecule has 2 amide bonds. The molecule has 60 heavy (non-hydrogen) atoms. The molecule has 0 saturated carbocycles. The van der Waals surface area contributed by atoms with E-state index in [2.05, 4.69) is 64.7 Å². The largest absolute Gasteiger partial charge is 0.444 e. The van der Waals surface area contributed by atoms with Crippen LogP contribution in [-0.4, -0.2) is 104 Å². The topological polar surface area (TPSA) is 161 Å². The van der Waals surface area contributed by atoms with Crippen molar-refractivity contribution >= 4 is 18.5 Å². The molecule has 6 atom stereocenters. The second-order valence-electron chi connectivity index (χ2n) is 17.9. The van der Waals surface area contributed by atoms with Gasteiger partial charge in [0.25, 0.3) is 0 Å². The van der Waals surface area contributed by atoms with Crippen LogP contribution in [0.4, 0.5) is 9.59 Å². The molecule has 0 aliphatic carbocycles. The summed E-state index contributed by atoms with van der Waals surface area (Å²) in [5.74, 6) is 1.64. The number of nitriles is 1. The summed E-state index contributed by atoms with van der Waals surface area (Å²) in [6.45, 7) is 21.6. The highest BCUT2D eigenvalue weighted by molar-refractivity contribution is 5.70. The van der Waals surface area contributed by atoms with Crippen LogP contribution in [0.1, 0.15) is 100 Å². The lowest BCUT2D eigenvalue weighted by atomic mass is 9.94. The van der Waals surface area contributed by atoms with Gasteiger partial charge in [0.2, 0.25) is 0 Å². The van der Waals surface area contributed by atoms with E-state index in [9.17, 15) is 14.4 Å². The third-order valence-electron chi connectivity index (χ3n) is 10.6. The molecule has 326 valence electrons. The van der Waals surface area contributed by atoms with Crippen molar-refractivity contribution in [3.63, 3.8) is 0 Å².